The number of hydrogen-bond acceptors (Lipinski definition) is 4. The molecule has 0 saturated heterocycles. The van der Waals surface area contributed by atoms with E-state index in [1.807, 2.05) is 20.8 Å². The molecule has 0 saturated carbocycles. The first-order valence-electron chi connectivity index (χ1n) is 7.18. The number of rotatable bonds is 5. The fraction of sp³-hybridized carbons (Fsp3) is 0.294. The van der Waals surface area contributed by atoms with E-state index >= 15 is 0 Å². The summed E-state index contributed by atoms with van der Waals surface area (Å²) in [4.78, 5) is 16.4. The number of carbonyl (C=O) groups is 1. The van der Waals surface area contributed by atoms with E-state index in [2.05, 4.69) is 10.3 Å². The number of amides is 1. The SMILES string of the molecule is COc1ccc(C(=O)Nc2c(C)cncc2Cl)cc1OC(C)C. The average molecular weight is 335 g/mol. The minimum absolute atomic E-state index is 0.0286. The van der Waals surface area contributed by atoms with E-state index in [4.69, 9.17) is 21.1 Å². The molecule has 5 nitrogen and oxygen atoms in total. The average Bonchev–Trinajstić information content (AvgIpc) is 2.50. The summed E-state index contributed by atoms with van der Waals surface area (Å²) in [7, 11) is 1.56. The van der Waals surface area contributed by atoms with Gasteiger partial charge in [0.15, 0.2) is 11.5 Å². The molecule has 0 aliphatic rings. The Balaban J connectivity index is 2.29. The number of halogens is 1. The van der Waals surface area contributed by atoms with Crippen molar-refractivity contribution in [2.45, 2.75) is 26.9 Å². The van der Waals surface area contributed by atoms with Crippen LogP contribution in [0, 0.1) is 6.92 Å². The molecule has 0 unspecified atom stereocenters. The number of nitrogens with one attached hydrogen (secondary N) is 1. The number of benzene rings is 1. The first-order chi connectivity index (χ1) is 10.9. The van der Waals surface area contributed by atoms with Gasteiger partial charge in [0.2, 0.25) is 0 Å². The molecule has 0 bridgehead atoms. The smallest absolute Gasteiger partial charge is 0.255 e. The predicted molar refractivity (Wildman–Crippen MR) is 90.7 cm³/mol. The van der Waals surface area contributed by atoms with E-state index in [9.17, 15) is 4.79 Å². The fourth-order valence-corrected chi connectivity index (χ4v) is 2.29. The van der Waals surface area contributed by atoms with E-state index in [1.54, 1.807) is 31.5 Å². The standard InChI is InChI=1S/C17H19ClN2O3/c1-10(2)23-15-7-12(5-6-14(15)22-4)17(21)20-16-11(3)8-19-9-13(16)18/h5-10H,1-4H3,(H,19,20,21). The number of aromatic nitrogens is 1. The van der Waals surface area contributed by atoms with Crippen molar-refractivity contribution in [1.82, 2.24) is 4.98 Å². The van der Waals surface area contributed by atoms with Gasteiger partial charge in [0.25, 0.3) is 5.91 Å². The molecule has 2 rings (SSSR count). The van der Waals surface area contributed by atoms with Crippen molar-refractivity contribution in [3.8, 4) is 11.5 Å². The Morgan fingerprint density at radius 1 is 1.26 bits per heavy atom. The Morgan fingerprint density at radius 2 is 2.00 bits per heavy atom. The van der Waals surface area contributed by atoms with Crippen LogP contribution in [0.4, 0.5) is 5.69 Å². The Hall–Kier alpha value is -2.27. The van der Waals surface area contributed by atoms with Gasteiger partial charge in [-0.2, -0.15) is 0 Å². The molecule has 0 aliphatic carbocycles. The van der Waals surface area contributed by atoms with Crippen molar-refractivity contribution >= 4 is 23.2 Å². The Labute approximate surface area is 140 Å². The number of hydrogen-bond donors (Lipinski definition) is 1. The second kappa shape index (κ2) is 7.33. The molecule has 6 heteroatoms. The van der Waals surface area contributed by atoms with Gasteiger partial charge in [0, 0.05) is 18.0 Å². The third-order valence-corrected chi connectivity index (χ3v) is 3.40. The van der Waals surface area contributed by atoms with Crippen LogP contribution in [0.25, 0.3) is 0 Å². The van der Waals surface area contributed by atoms with E-state index in [0.717, 1.165) is 5.56 Å². The van der Waals surface area contributed by atoms with Crippen LogP contribution in [0.1, 0.15) is 29.8 Å². The number of nitrogens with zero attached hydrogens (tertiary/aromatic N) is 1. The van der Waals surface area contributed by atoms with Crippen molar-refractivity contribution in [2.75, 3.05) is 12.4 Å². The molecule has 1 aromatic heterocycles. The highest BCUT2D eigenvalue weighted by Crippen LogP contribution is 2.30. The predicted octanol–water partition coefficient (Wildman–Crippen LogP) is 4.09. The van der Waals surface area contributed by atoms with Gasteiger partial charge in [0.05, 0.1) is 23.9 Å². The second-order valence-electron chi connectivity index (χ2n) is 5.30. The van der Waals surface area contributed by atoms with E-state index in [0.29, 0.717) is 27.8 Å². The molecule has 1 heterocycles. The van der Waals surface area contributed by atoms with Gasteiger partial charge < -0.3 is 14.8 Å². The summed E-state index contributed by atoms with van der Waals surface area (Å²) in [5, 5.41) is 3.20. The van der Waals surface area contributed by atoms with Crippen LogP contribution >= 0.6 is 11.6 Å². The maximum absolute atomic E-state index is 12.5. The van der Waals surface area contributed by atoms with E-state index in [1.165, 1.54) is 6.20 Å². The maximum Gasteiger partial charge on any atom is 0.255 e. The number of methoxy groups -OCH3 is 1. The summed E-state index contributed by atoms with van der Waals surface area (Å²) in [5.74, 6) is 0.818. The summed E-state index contributed by atoms with van der Waals surface area (Å²) in [5.41, 5.74) is 1.79. The first kappa shape index (κ1) is 17.1. The molecule has 1 amide bonds. The summed E-state index contributed by atoms with van der Waals surface area (Å²) >= 11 is 6.09. The lowest BCUT2D eigenvalue weighted by atomic mass is 10.1. The van der Waals surface area contributed by atoms with Crippen LogP contribution in [0.15, 0.2) is 30.6 Å². The zero-order chi connectivity index (χ0) is 17.0. The third-order valence-electron chi connectivity index (χ3n) is 3.12. The van der Waals surface area contributed by atoms with Gasteiger partial charge >= 0.3 is 0 Å². The normalized spacial score (nSPS) is 10.5. The Morgan fingerprint density at radius 3 is 2.61 bits per heavy atom. The van der Waals surface area contributed by atoms with Gasteiger partial charge in [-0.15, -0.1) is 0 Å². The Bertz CT molecular complexity index is 697. The van der Waals surface area contributed by atoms with Gasteiger partial charge in [-0.05, 0) is 44.5 Å². The van der Waals surface area contributed by atoms with Crippen molar-refractivity contribution in [3.63, 3.8) is 0 Å². The maximum atomic E-state index is 12.5. The molecular formula is C17H19ClN2O3. The van der Waals surface area contributed by atoms with Crippen LogP contribution in [-0.2, 0) is 0 Å². The molecule has 1 N–H and O–H groups in total. The van der Waals surface area contributed by atoms with Gasteiger partial charge in [-0.3, -0.25) is 9.78 Å². The quantitative estimate of drug-likeness (QED) is 0.894. The minimum atomic E-state index is -0.280. The molecule has 0 aliphatic heterocycles. The molecule has 0 spiro atoms. The van der Waals surface area contributed by atoms with E-state index in [-0.39, 0.29) is 12.0 Å². The Kier molecular flexibility index (Phi) is 5.45. The van der Waals surface area contributed by atoms with Gasteiger partial charge in [-0.25, -0.2) is 0 Å². The van der Waals surface area contributed by atoms with Crippen LogP contribution < -0.4 is 14.8 Å². The summed E-state index contributed by atoms with van der Waals surface area (Å²) in [6.45, 7) is 5.65. The zero-order valence-corrected chi connectivity index (χ0v) is 14.3. The largest absolute Gasteiger partial charge is 0.493 e. The lowest BCUT2D eigenvalue weighted by Crippen LogP contribution is -2.14. The van der Waals surface area contributed by atoms with Crippen LogP contribution in [-0.4, -0.2) is 24.1 Å². The molecule has 23 heavy (non-hydrogen) atoms. The molecule has 1 aromatic carbocycles. The summed E-state index contributed by atoms with van der Waals surface area (Å²) in [6, 6.07) is 5.03. The fourth-order valence-electron chi connectivity index (χ4n) is 2.04. The van der Waals surface area contributed by atoms with Gasteiger partial charge in [0.1, 0.15) is 0 Å². The molecule has 0 atom stereocenters. The van der Waals surface area contributed by atoms with Crippen LogP contribution in [0.5, 0.6) is 11.5 Å². The summed E-state index contributed by atoms with van der Waals surface area (Å²) in [6.07, 6.45) is 3.10. The number of carbonyl (C=O) groups excluding carboxylic acids is 1. The molecule has 122 valence electrons. The highest BCUT2D eigenvalue weighted by Gasteiger charge is 2.14. The monoisotopic (exact) mass is 334 g/mol. The van der Waals surface area contributed by atoms with Crippen molar-refractivity contribution in [3.05, 3.63) is 46.7 Å². The van der Waals surface area contributed by atoms with Crippen molar-refractivity contribution in [1.29, 1.82) is 0 Å². The van der Waals surface area contributed by atoms with Gasteiger partial charge in [-0.1, -0.05) is 11.6 Å². The minimum Gasteiger partial charge on any atom is -0.493 e. The van der Waals surface area contributed by atoms with Crippen molar-refractivity contribution in [2.24, 2.45) is 0 Å². The second-order valence-corrected chi connectivity index (χ2v) is 5.71. The molecule has 0 fully saturated rings. The lowest BCUT2D eigenvalue weighted by Gasteiger charge is -2.15. The number of ether oxygens (including phenoxy) is 2. The number of anilines is 1. The zero-order valence-electron chi connectivity index (χ0n) is 13.5. The topological polar surface area (TPSA) is 60.5 Å². The van der Waals surface area contributed by atoms with Crippen LogP contribution in [0.2, 0.25) is 5.02 Å². The molecule has 0 radical (unpaired) electrons. The third kappa shape index (κ3) is 4.13. The summed E-state index contributed by atoms with van der Waals surface area (Å²) < 4.78 is 10.9. The lowest BCUT2D eigenvalue weighted by molar-refractivity contribution is 0.102. The van der Waals surface area contributed by atoms with Crippen molar-refractivity contribution < 1.29 is 14.3 Å². The van der Waals surface area contributed by atoms with Crippen LogP contribution in [0.3, 0.4) is 0 Å². The van der Waals surface area contributed by atoms with E-state index < -0.39 is 0 Å². The number of aryl methyl sites for hydroxylation is 1. The first-order valence-corrected chi connectivity index (χ1v) is 7.56. The molecular weight excluding hydrogens is 316 g/mol. The molecule has 2 aromatic rings. The number of pyridine rings is 1. The highest BCUT2D eigenvalue weighted by molar-refractivity contribution is 6.34. The highest BCUT2D eigenvalue weighted by atomic mass is 35.5.